The van der Waals surface area contributed by atoms with Crippen LogP contribution in [0.3, 0.4) is 0 Å². The number of hydrogen-bond donors (Lipinski definition) is 2. The van der Waals surface area contributed by atoms with E-state index >= 15 is 0 Å². The van der Waals surface area contributed by atoms with Gasteiger partial charge in [-0.15, -0.1) is 10.2 Å². The first-order valence-electron chi connectivity index (χ1n) is 9.84. The molecule has 0 saturated heterocycles. The van der Waals surface area contributed by atoms with Gasteiger partial charge in [-0.2, -0.15) is 4.80 Å². The molecule has 166 valence electrons. The molecule has 2 heterocycles. The van der Waals surface area contributed by atoms with Gasteiger partial charge in [-0.25, -0.2) is 18.2 Å². The number of carbonyl (C=O) groups excluding carboxylic acids is 1. The van der Waals surface area contributed by atoms with Crippen molar-refractivity contribution in [1.29, 1.82) is 0 Å². The van der Waals surface area contributed by atoms with Crippen LogP contribution in [0.5, 0.6) is 0 Å². The standard InChI is InChI=1S/C20H21N7O3S2/c1-3-18-24-26-27(25-18)10-9-21-19(28)23-20-22-16-8-7-14(12-17(16)31-20)13-5-4-6-15(11-13)32(2,29)30/h4-8,11-12H,3,9-10H2,1-2H3,(H2,21,22,23,28). The highest BCUT2D eigenvalue weighted by Crippen LogP contribution is 2.31. The molecule has 2 amide bonds. The summed E-state index contributed by atoms with van der Waals surface area (Å²) in [6, 6.07) is 12.1. The number of amides is 2. The first kappa shape index (κ1) is 21.8. The van der Waals surface area contributed by atoms with E-state index in [0.717, 1.165) is 21.3 Å². The Morgan fingerprint density at radius 3 is 2.72 bits per heavy atom. The molecular weight excluding hydrogens is 450 g/mol. The van der Waals surface area contributed by atoms with E-state index in [0.29, 0.717) is 30.5 Å². The number of aryl methyl sites for hydroxylation is 1. The first-order valence-corrected chi connectivity index (χ1v) is 12.6. The monoisotopic (exact) mass is 471 g/mol. The van der Waals surface area contributed by atoms with Crippen molar-refractivity contribution in [2.24, 2.45) is 0 Å². The summed E-state index contributed by atoms with van der Waals surface area (Å²) in [4.78, 5) is 18.3. The highest BCUT2D eigenvalue weighted by Gasteiger charge is 2.11. The molecule has 0 radical (unpaired) electrons. The average molecular weight is 472 g/mol. The molecule has 4 rings (SSSR count). The number of fused-ring (bicyclic) bond motifs is 1. The van der Waals surface area contributed by atoms with Gasteiger partial charge in [0.05, 0.1) is 21.7 Å². The summed E-state index contributed by atoms with van der Waals surface area (Å²) >= 11 is 1.34. The molecule has 0 saturated carbocycles. The summed E-state index contributed by atoms with van der Waals surface area (Å²) in [5.41, 5.74) is 2.41. The number of tetrazole rings is 1. The molecule has 0 aliphatic carbocycles. The third-order valence-electron chi connectivity index (χ3n) is 4.61. The van der Waals surface area contributed by atoms with Gasteiger partial charge in [-0.1, -0.05) is 36.5 Å². The molecule has 4 aromatic rings. The summed E-state index contributed by atoms with van der Waals surface area (Å²) in [6.45, 7) is 2.70. The zero-order valence-electron chi connectivity index (χ0n) is 17.4. The number of aromatic nitrogens is 5. The number of benzene rings is 2. The molecule has 10 nitrogen and oxygen atoms in total. The van der Waals surface area contributed by atoms with E-state index in [1.54, 1.807) is 18.2 Å². The van der Waals surface area contributed by atoms with Crippen LogP contribution in [0, 0.1) is 0 Å². The number of rotatable bonds is 7. The van der Waals surface area contributed by atoms with Gasteiger partial charge in [0.25, 0.3) is 0 Å². The molecular formula is C20H21N7O3S2. The molecule has 2 N–H and O–H groups in total. The smallest absolute Gasteiger partial charge is 0.321 e. The summed E-state index contributed by atoms with van der Waals surface area (Å²) in [5, 5.41) is 17.9. The van der Waals surface area contributed by atoms with Crippen molar-refractivity contribution in [2.45, 2.75) is 24.8 Å². The van der Waals surface area contributed by atoms with Gasteiger partial charge in [-0.3, -0.25) is 5.32 Å². The Morgan fingerprint density at radius 2 is 1.97 bits per heavy atom. The maximum absolute atomic E-state index is 12.2. The molecule has 32 heavy (non-hydrogen) atoms. The van der Waals surface area contributed by atoms with Gasteiger partial charge < -0.3 is 5.32 Å². The second-order valence-corrected chi connectivity index (χ2v) is 10.1. The van der Waals surface area contributed by atoms with Gasteiger partial charge >= 0.3 is 6.03 Å². The summed E-state index contributed by atoms with van der Waals surface area (Å²) in [6.07, 6.45) is 1.89. The number of anilines is 1. The van der Waals surface area contributed by atoms with Crippen molar-refractivity contribution in [3.63, 3.8) is 0 Å². The number of thiazole rings is 1. The molecule has 0 aliphatic heterocycles. The maximum Gasteiger partial charge on any atom is 0.321 e. The maximum atomic E-state index is 12.2. The lowest BCUT2D eigenvalue weighted by Crippen LogP contribution is -2.31. The largest absolute Gasteiger partial charge is 0.336 e. The van der Waals surface area contributed by atoms with Crippen LogP contribution in [0.15, 0.2) is 47.4 Å². The van der Waals surface area contributed by atoms with E-state index in [1.807, 2.05) is 31.2 Å². The van der Waals surface area contributed by atoms with E-state index in [4.69, 9.17) is 0 Å². The minimum Gasteiger partial charge on any atom is -0.336 e. The lowest BCUT2D eigenvalue weighted by molar-refractivity contribution is 0.251. The molecule has 2 aromatic heterocycles. The van der Waals surface area contributed by atoms with Crippen molar-refractivity contribution in [3.05, 3.63) is 48.3 Å². The van der Waals surface area contributed by atoms with Crippen molar-refractivity contribution < 1.29 is 13.2 Å². The second kappa shape index (κ2) is 9.01. The molecule has 2 aromatic carbocycles. The summed E-state index contributed by atoms with van der Waals surface area (Å²) in [5.74, 6) is 0.659. The van der Waals surface area contributed by atoms with Crippen molar-refractivity contribution in [3.8, 4) is 11.1 Å². The number of nitrogens with one attached hydrogen (secondary N) is 2. The Labute approximate surface area is 188 Å². The van der Waals surface area contributed by atoms with Gasteiger partial charge in [0.1, 0.15) is 0 Å². The lowest BCUT2D eigenvalue weighted by Gasteiger charge is -2.04. The van der Waals surface area contributed by atoms with E-state index in [-0.39, 0.29) is 10.9 Å². The van der Waals surface area contributed by atoms with Crippen molar-refractivity contribution in [2.75, 3.05) is 18.1 Å². The zero-order chi connectivity index (χ0) is 22.7. The van der Waals surface area contributed by atoms with E-state index in [9.17, 15) is 13.2 Å². The van der Waals surface area contributed by atoms with Gasteiger partial charge in [0.2, 0.25) is 0 Å². The Bertz CT molecular complexity index is 1380. The molecule has 0 aliphatic rings. The molecule has 0 fully saturated rings. The lowest BCUT2D eigenvalue weighted by atomic mass is 10.1. The van der Waals surface area contributed by atoms with Crippen molar-refractivity contribution in [1.82, 2.24) is 30.5 Å². The van der Waals surface area contributed by atoms with Crippen LogP contribution in [0.1, 0.15) is 12.7 Å². The average Bonchev–Trinajstić information content (AvgIpc) is 3.38. The van der Waals surface area contributed by atoms with E-state index in [2.05, 4.69) is 31.0 Å². The number of hydrogen-bond acceptors (Lipinski definition) is 8. The fraction of sp³-hybridized carbons (Fsp3) is 0.250. The van der Waals surface area contributed by atoms with Crippen LogP contribution < -0.4 is 10.6 Å². The topological polar surface area (TPSA) is 132 Å². The van der Waals surface area contributed by atoms with Crippen LogP contribution in [0.2, 0.25) is 0 Å². The van der Waals surface area contributed by atoms with Crippen LogP contribution >= 0.6 is 11.3 Å². The van der Waals surface area contributed by atoms with Crippen LogP contribution in [-0.2, 0) is 22.8 Å². The van der Waals surface area contributed by atoms with Crippen LogP contribution in [0.25, 0.3) is 21.3 Å². The molecule has 12 heteroatoms. The predicted octanol–water partition coefficient (Wildman–Crippen LogP) is 2.74. The fourth-order valence-electron chi connectivity index (χ4n) is 2.99. The number of sulfone groups is 1. The number of urea groups is 1. The van der Waals surface area contributed by atoms with Crippen LogP contribution in [0.4, 0.5) is 9.93 Å². The Balaban J connectivity index is 1.42. The van der Waals surface area contributed by atoms with Gasteiger partial charge in [0.15, 0.2) is 20.8 Å². The molecule has 0 bridgehead atoms. The van der Waals surface area contributed by atoms with E-state index < -0.39 is 9.84 Å². The Hall–Kier alpha value is -3.38. The minimum absolute atomic E-state index is 0.269. The molecule has 0 spiro atoms. The Kier molecular flexibility index (Phi) is 6.15. The van der Waals surface area contributed by atoms with Gasteiger partial charge in [0, 0.05) is 19.2 Å². The third kappa shape index (κ3) is 5.08. The van der Waals surface area contributed by atoms with Crippen LogP contribution in [-0.4, -0.2) is 52.4 Å². The molecule has 0 unspecified atom stereocenters. The normalized spacial score (nSPS) is 11.6. The summed E-state index contributed by atoms with van der Waals surface area (Å²) in [7, 11) is -3.29. The number of carbonyl (C=O) groups is 1. The second-order valence-electron chi connectivity index (χ2n) is 7.04. The first-order chi connectivity index (χ1) is 15.3. The summed E-state index contributed by atoms with van der Waals surface area (Å²) < 4.78 is 24.6. The SMILES string of the molecule is CCc1nnn(CCNC(=O)Nc2nc3ccc(-c4cccc(S(C)(=O)=O)c4)cc3s2)n1. The zero-order valence-corrected chi connectivity index (χ0v) is 19.1. The highest BCUT2D eigenvalue weighted by atomic mass is 32.2. The fourth-order valence-corrected chi connectivity index (χ4v) is 4.55. The van der Waals surface area contributed by atoms with E-state index in [1.165, 1.54) is 22.4 Å². The predicted molar refractivity (Wildman–Crippen MR) is 122 cm³/mol. The highest BCUT2D eigenvalue weighted by molar-refractivity contribution is 7.90. The quantitative estimate of drug-likeness (QED) is 0.423. The van der Waals surface area contributed by atoms with Crippen molar-refractivity contribution >= 4 is 42.6 Å². The number of nitrogens with zero attached hydrogens (tertiary/aromatic N) is 5. The third-order valence-corrected chi connectivity index (χ3v) is 6.66. The minimum atomic E-state index is -3.29. The molecule has 0 atom stereocenters. The Morgan fingerprint density at radius 1 is 1.16 bits per heavy atom. The van der Waals surface area contributed by atoms with Gasteiger partial charge in [-0.05, 0) is 40.6 Å².